The van der Waals surface area contributed by atoms with Gasteiger partial charge in [0.15, 0.2) is 0 Å². The quantitative estimate of drug-likeness (QED) is 0.590. The van der Waals surface area contributed by atoms with E-state index in [1.807, 2.05) is 25.2 Å². The number of amides is 1. The lowest BCUT2D eigenvalue weighted by Gasteiger charge is -2.07. The second-order valence-corrected chi connectivity index (χ2v) is 5.65. The Hall–Kier alpha value is -1.35. The molecule has 0 heterocycles. The van der Waals surface area contributed by atoms with E-state index in [1.54, 1.807) is 0 Å². The molecule has 0 aliphatic heterocycles. The third-order valence-corrected chi connectivity index (χ3v) is 3.60. The average Bonchev–Trinajstić information content (AvgIpc) is 2.47. The largest absolute Gasteiger partial charge is 0.326 e. The molecule has 0 aliphatic rings. The molecular formula is C18H30N2O. The summed E-state index contributed by atoms with van der Waals surface area (Å²) in [5, 5.41) is 6.10. The van der Waals surface area contributed by atoms with E-state index in [9.17, 15) is 4.79 Å². The third-order valence-electron chi connectivity index (χ3n) is 3.60. The first-order valence-electron chi connectivity index (χ1n) is 8.29. The minimum Gasteiger partial charge on any atom is -0.326 e. The molecule has 0 aliphatic carbocycles. The smallest absolute Gasteiger partial charge is 0.224 e. The van der Waals surface area contributed by atoms with Crippen molar-refractivity contribution in [1.82, 2.24) is 5.32 Å². The highest BCUT2D eigenvalue weighted by atomic mass is 16.1. The Kier molecular flexibility index (Phi) is 9.55. The molecule has 1 aromatic carbocycles. The van der Waals surface area contributed by atoms with Gasteiger partial charge in [-0.2, -0.15) is 0 Å². The van der Waals surface area contributed by atoms with Crippen molar-refractivity contribution in [1.29, 1.82) is 0 Å². The van der Waals surface area contributed by atoms with Crippen molar-refractivity contribution in [2.45, 2.75) is 64.8 Å². The number of anilines is 1. The van der Waals surface area contributed by atoms with Gasteiger partial charge in [-0.25, -0.2) is 0 Å². The SMILES string of the molecule is CCCCCCCCCC(=O)Nc1cccc(CNC)c1. The number of carbonyl (C=O) groups is 1. The summed E-state index contributed by atoms with van der Waals surface area (Å²) >= 11 is 0. The van der Waals surface area contributed by atoms with Crippen LogP contribution in [-0.4, -0.2) is 13.0 Å². The molecule has 118 valence electrons. The molecule has 0 bridgehead atoms. The van der Waals surface area contributed by atoms with Crippen molar-refractivity contribution in [2.75, 3.05) is 12.4 Å². The van der Waals surface area contributed by atoms with E-state index in [4.69, 9.17) is 0 Å². The van der Waals surface area contributed by atoms with E-state index in [-0.39, 0.29) is 5.91 Å². The van der Waals surface area contributed by atoms with Gasteiger partial charge in [-0.3, -0.25) is 4.79 Å². The van der Waals surface area contributed by atoms with E-state index in [0.717, 1.165) is 25.1 Å². The highest BCUT2D eigenvalue weighted by Crippen LogP contribution is 2.12. The standard InChI is InChI=1S/C18H30N2O/c1-3-4-5-6-7-8-9-13-18(21)20-17-12-10-11-16(14-17)15-19-2/h10-12,14,19H,3-9,13,15H2,1-2H3,(H,20,21). The first-order valence-corrected chi connectivity index (χ1v) is 8.29. The molecule has 0 spiro atoms. The van der Waals surface area contributed by atoms with Crippen LogP contribution in [0.4, 0.5) is 5.69 Å². The Morgan fingerprint density at radius 1 is 1.05 bits per heavy atom. The second kappa shape index (κ2) is 11.3. The van der Waals surface area contributed by atoms with Gasteiger partial charge in [0.25, 0.3) is 0 Å². The molecule has 1 aromatic rings. The van der Waals surface area contributed by atoms with Gasteiger partial charge in [0.05, 0.1) is 0 Å². The maximum atomic E-state index is 11.9. The molecule has 0 saturated heterocycles. The third kappa shape index (κ3) is 8.51. The molecule has 0 unspecified atom stereocenters. The fraction of sp³-hybridized carbons (Fsp3) is 0.611. The number of carbonyl (C=O) groups excluding carboxylic acids is 1. The minimum absolute atomic E-state index is 0.130. The van der Waals surface area contributed by atoms with Crippen LogP contribution in [0.5, 0.6) is 0 Å². The Morgan fingerprint density at radius 2 is 1.76 bits per heavy atom. The number of nitrogens with one attached hydrogen (secondary N) is 2. The summed E-state index contributed by atoms with van der Waals surface area (Å²) in [6, 6.07) is 8.01. The number of hydrogen-bond acceptors (Lipinski definition) is 2. The minimum atomic E-state index is 0.130. The zero-order chi connectivity index (χ0) is 15.3. The Labute approximate surface area is 129 Å². The zero-order valence-corrected chi connectivity index (χ0v) is 13.6. The highest BCUT2D eigenvalue weighted by Gasteiger charge is 2.03. The summed E-state index contributed by atoms with van der Waals surface area (Å²) in [6.45, 7) is 3.05. The van der Waals surface area contributed by atoms with Crippen LogP contribution in [0, 0.1) is 0 Å². The van der Waals surface area contributed by atoms with E-state index in [0.29, 0.717) is 6.42 Å². The topological polar surface area (TPSA) is 41.1 Å². The van der Waals surface area contributed by atoms with Crippen molar-refractivity contribution >= 4 is 11.6 Å². The molecule has 0 radical (unpaired) electrons. The van der Waals surface area contributed by atoms with Crippen LogP contribution in [0.2, 0.25) is 0 Å². The van der Waals surface area contributed by atoms with E-state index < -0.39 is 0 Å². The summed E-state index contributed by atoms with van der Waals surface area (Å²) in [5.41, 5.74) is 2.09. The fourth-order valence-electron chi connectivity index (χ4n) is 2.43. The lowest BCUT2D eigenvalue weighted by Crippen LogP contribution is -2.12. The van der Waals surface area contributed by atoms with Crippen LogP contribution < -0.4 is 10.6 Å². The molecule has 2 N–H and O–H groups in total. The molecule has 0 aromatic heterocycles. The molecular weight excluding hydrogens is 260 g/mol. The maximum absolute atomic E-state index is 11.9. The van der Waals surface area contributed by atoms with Crippen molar-refractivity contribution in [3.8, 4) is 0 Å². The predicted molar refractivity (Wildman–Crippen MR) is 90.4 cm³/mol. The predicted octanol–water partition coefficient (Wildman–Crippen LogP) is 4.49. The van der Waals surface area contributed by atoms with E-state index in [1.165, 1.54) is 37.7 Å². The van der Waals surface area contributed by atoms with Crippen LogP contribution in [0.1, 0.15) is 63.9 Å². The Bertz CT molecular complexity index is 404. The second-order valence-electron chi connectivity index (χ2n) is 5.65. The maximum Gasteiger partial charge on any atom is 0.224 e. The zero-order valence-electron chi connectivity index (χ0n) is 13.6. The first kappa shape index (κ1) is 17.7. The van der Waals surface area contributed by atoms with Gasteiger partial charge in [-0.15, -0.1) is 0 Å². The van der Waals surface area contributed by atoms with Crippen molar-refractivity contribution in [3.63, 3.8) is 0 Å². The van der Waals surface area contributed by atoms with Crippen molar-refractivity contribution < 1.29 is 4.79 Å². The Balaban J connectivity index is 2.17. The fourth-order valence-corrected chi connectivity index (χ4v) is 2.43. The van der Waals surface area contributed by atoms with Crippen LogP contribution in [0.15, 0.2) is 24.3 Å². The number of rotatable bonds is 11. The number of benzene rings is 1. The van der Waals surface area contributed by atoms with Gasteiger partial charge in [0.2, 0.25) is 5.91 Å². The molecule has 1 amide bonds. The first-order chi connectivity index (χ1) is 10.3. The van der Waals surface area contributed by atoms with Crippen LogP contribution in [0.3, 0.4) is 0 Å². The van der Waals surface area contributed by atoms with Gasteiger partial charge in [-0.1, -0.05) is 57.6 Å². The summed E-state index contributed by atoms with van der Waals surface area (Å²) in [6.07, 6.45) is 9.31. The lowest BCUT2D eigenvalue weighted by molar-refractivity contribution is -0.116. The van der Waals surface area contributed by atoms with Crippen LogP contribution in [-0.2, 0) is 11.3 Å². The normalized spacial score (nSPS) is 10.6. The summed E-state index contributed by atoms with van der Waals surface area (Å²) in [7, 11) is 1.92. The van der Waals surface area contributed by atoms with E-state index >= 15 is 0 Å². The summed E-state index contributed by atoms with van der Waals surface area (Å²) < 4.78 is 0. The molecule has 0 saturated carbocycles. The van der Waals surface area contributed by atoms with Crippen molar-refractivity contribution in [3.05, 3.63) is 29.8 Å². The molecule has 1 rings (SSSR count). The molecule has 0 fully saturated rings. The summed E-state index contributed by atoms with van der Waals surface area (Å²) in [4.78, 5) is 11.9. The average molecular weight is 290 g/mol. The lowest BCUT2D eigenvalue weighted by atomic mass is 10.1. The molecule has 0 atom stereocenters. The highest BCUT2D eigenvalue weighted by molar-refractivity contribution is 5.90. The molecule has 3 heteroatoms. The van der Waals surface area contributed by atoms with Gasteiger partial charge in [0.1, 0.15) is 0 Å². The molecule has 21 heavy (non-hydrogen) atoms. The van der Waals surface area contributed by atoms with Crippen molar-refractivity contribution in [2.24, 2.45) is 0 Å². The van der Waals surface area contributed by atoms with Gasteiger partial charge < -0.3 is 10.6 Å². The van der Waals surface area contributed by atoms with Gasteiger partial charge in [-0.05, 0) is 31.2 Å². The van der Waals surface area contributed by atoms with Gasteiger partial charge >= 0.3 is 0 Å². The van der Waals surface area contributed by atoms with Gasteiger partial charge in [0, 0.05) is 18.7 Å². The number of hydrogen-bond donors (Lipinski definition) is 2. The molecule has 3 nitrogen and oxygen atoms in total. The Morgan fingerprint density at radius 3 is 2.48 bits per heavy atom. The van der Waals surface area contributed by atoms with E-state index in [2.05, 4.69) is 23.6 Å². The monoisotopic (exact) mass is 290 g/mol. The van der Waals surface area contributed by atoms with Crippen LogP contribution >= 0.6 is 0 Å². The van der Waals surface area contributed by atoms with Crippen LogP contribution in [0.25, 0.3) is 0 Å². The summed E-state index contributed by atoms with van der Waals surface area (Å²) in [5.74, 6) is 0.130. The number of unbranched alkanes of at least 4 members (excludes halogenated alkanes) is 6.